The van der Waals surface area contributed by atoms with Crippen LogP contribution in [0.25, 0.3) is 0 Å². The maximum atomic E-state index is 11.8. The first-order valence-corrected chi connectivity index (χ1v) is 7.88. The third-order valence-electron chi connectivity index (χ3n) is 2.26. The van der Waals surface area contributed by atoms with Gasteiger partial charge in [-0.05, 0) is 17.5 Å². The van der Waals surface area contributed by atoms with Gasteiger partial charge in [0.1, 0.15) is 9.23 Å². The number of nitro benzene ring substituents is 1. The number of nitro groups is 1. The number of benzene rings is 1. The molecule has 0 N–H and O–H groups in total. The Bertz CT molecular complexity index is 770. The Morgan fingerprint density at radius 3 is 2.70 bits per heavy atom. The zero-order valence-electron chi connectivity index (χ0n) is 9.76. The largest absolute Gasteiger partial charge is 0.291 e. The highest BCUT2D eigenvalue weighted by atomic mass is 35.5. The minimum Gasteiger partial charge on any atom is -0.258 e. The highest BCUT2D eigenvalue weighted by molar-refractivity contribution is 7.92. The van der Waals surface area contributed by atoms with Crippen LogP contribution in [0.2, 0.25) is 5.02 Å². The first kappa shape index (κ1) is 14.6. The van der Waals surface area contributed by atoms with E-state index in [0.717, 1.165) is 23.6 Å². The SMILES string of the molecule is O=[N+]([O-])c1cc(/C=N\S(=O)(=O)c2cccs2)ccc1Cl. The molecule has 0 amide bonds. The van der Waals surface area contributed by atoms with E-state index >= 15 is 0 Å². The Morgan fingerprint density at radius 2 is 2.10 bits per heavy atom. The molecular weight excluding hydrogens is 324 g/mol. The molecule has 0 radical (unpaired) electrons. The fourth-order valence-corrected chi connectivity index (χ4v) is 3.37. The summed E-state index contributed by atoms with van der Waals surface area (Å²) in [6, 6.07) is 6.96. The Kier molecular flexibility index (Phi) is 4.17. The molecule has 9 heteroatoms. The zero-order valence-corrected chi connectivity index (χ0v) is 12.2. The summed E-state index contributed by atoms with van der Waals surface area (Å²) in [6.45, 7) is 0. The predicted molar refractivity (Wildman–Crippen MR) is 77.2 cm³/mol. The molecule has 2 rings (SSSR count). The lowest BCUT2D eigenvalue weighted by Gasteiger charge is -1.97. The molecule has 1 aromatic carbocycles. The van der Waals surface area contributed by atoms with E-state index in [4.69, 9.17) is 11.6 Å². The molecule has 0 aliphatic heterocycles. The number of halogens is 1. The van der Waals surface area contributed by atoms with E-state index in [2.05, 4.69) is 4.40 Å². The summed E-state index contributed by atoms with van der Waals surface area (Å²) < 4.78 is 27.2. The Morgan fingerprint density at radius 1 is 1.35 bits per heavy atom. The Labute approximate surface area is 123 Å². The molecule has 1 aromatic heterocycles. The minimum absolute atomic E-state index is 0.0201. The van der Waals surface area contributed by atoms with Crippen LogP contribution < -0.4 is 0 Å². The second-order valence-corrected chi connectivity index (χ2v) is 6.82. The van der Waals surface area contributed by atoms with E-state index in [1.54, 1.807) is 11.4 Å². The fourth-order valence-electron chi connectivity index (χ4n) is 1.34. The lowest BCUT2D eigenvalue weighted by molar-refractivity contribution is -0.384. The summed E-state index contributed by atoms with van der Waals surface area (Å²) in [5, 5.41) is 12.3. The van der Waals surface area contributed by atoms with Crippen LogP contribution in [0.5, 0.6) is 0 Å². The molecule has 0 aliphatic carbocycles. The lowest BCUT2D eigenvalue weighted by atomic mass is 10.2. The molecule has 104 valence electrons. The summed E-state index contributed by atoms with van der Waals surface area (Å²) in [4.78, 5) is 10.1. The summed E-state index contributed by atoms with van der Waals surface area (Å²) in [6.07, 6.45) is 1.05. The van der Waals surface area contributed by atoms with Crippen LogP contribution in [0.3, 0.4) is 0 Å². The van der Waals surface area contributed by atoms with Gasteiger partial charge in [0, 0.05) is 17.8 Å². The first-order chi connectivity index (χ1) is 9.40. The highest BCUT2D eigenvalue weighted by Crippen LogP contribution is 2.25. The van der Waals surface area contributed by atoms with Crippen molar-refractivity contribution in [3.63, 3.8) is 0 Å². The van der Waals surface area contributed by atoms with Crippen LogP contribution in [0.1, 0.15) is 5.56 Å². The van der Waals surface area contributed by atoms with Gasteiger partial charge in [0.05, 0.1) is 4.92 Å². The van der Waals surface area contributed by atoms with Gasteiger partial charge in [0.15, 0.2) is 0 Å². The molecule has 0 unspecified atom stereocenters. The second-order valence-electron chi connectivity index (χ2n) is 3.61. The average molecular weight is 331 g/mol. The van der Waals surface area contributed by atoms with Gasteiger partial charge in [-0.2, -0.15) is 12.8 Å². The molecule has 0 atom stereocenters. The van der Waals surface area contributed by atoms with E-state index < -0.39 is 14.9 Å². The third kappa shape index (κ3) is 3.21. The summed E-state index contributed by atoms with van der Waals surface area (Å²) in [5.41, 5.74) is -0.0228. The standard InChI is InChI=1S/C11H7ClN2O4S2/c12-9-4-3-8(6-10(9)14(15)16)7-13-20(17,18)11-2-1-5-19-11/h1-7H/b13-7-. The van der Waals surface area contributed by atoms with Gasteiger partial charge in [-0.15, -0.1) is 11.3 Å². The molecule has 0 bridgehead atoms. The summed E-state index contributed by atoms with van der Waals surface area (Å²) >= 11 is 6.70. The molecule has 0 saturated carbocycles. The monoisotopic (exact) mass is 330 g/mol. The van der Waals surface area contributed by atoms with Crippen LogP contribution in [-0.4, -0.2) is 19.6 Å². The zero-order chi connectivity index (χ0) is 14.8. The molecule has 1 heterocycles. The van der Waals surface area contributed by atoms with Gasteiger partial charge < -0.3 is 0 Å². The Hall–Kier alpha value is -1.77. The number of hydrogen-bond acceptors (Lipinski definition) is 5. The highest BCUT2D eigenvalue weighted by Gasteiger charge is 2.14. The molecule has 0 spiro atoms. The Balaban J connectivity index is 2.33. The average Bonchev–Trinajstić information content (AvgIpc) is 2.92. The topological polar surface area (TPSA) is 89.6 Å². The van der Waals surface area contributed by atoms with Gasteiger partial charge in [-0.1, -0.05) is 23.7 Å². The normalized spacial score (nSPS) is 11.8. The number of rotatable bonds is 4. The van der Waals surface area contributed by atoms with Crippen molar-refractivity contribution in [3.05, 3.63) is 56.4 Å². The maximum absolute atomic E-state index is 11.8. The van der Waals surface area contributed by atoms with Crippen molar-refractivity contribution < 1.29 is 13.3 Å². The molecule has 0 aliphatic rings. The summed E-state index contributed by atoms with van der Waals surface area (Å²) in [7, 11) is -3.77. The van der Waals surface area contributed by atoms with Crippen molar-refractivity contribution in [2.75, 3.05) is 0 Å². The molecule has 0 fully saturated rings. The van der Waals surface area contributed by atoms with Gasteiger partial charge >= 0.3 is 0 Å². The van der Waals surface area contributed by atoms with Crippen molar-refractivity contribution >= 4 is 44.9 Å². The molecule has 20 heavy (non-hydrogen) atoms. The number of nitrogens with zero attached hydrogens (tertiary/aromatic N) is 2. The second kappa shape index (κ2) is 5.70. The number of hydrogen-bond donors (Lipinski definition) is 0. The van der Waals surface area contributed by atoms with Crippen LogP contribution in [0.4, 0.5) is 5.69 Å². The minimum atomic E-state index is -3.77. The van der Waals surface area contributed by atoms with Crippen molar-refractivity contribution in [2.45, 2.75) is 4.21 Å². The van der Waals surface area contributed by atoms with Crippen LogP contribution >= 0.6 is 22.9 Å². The van der Waals surface area contributed by atoms with Crippen molar-refractivity contribution in [3.8, 4) is 0 Å². The van der Waals surface area contributed by atoms with E-state index in [1.165, 1.54) is 18.2 Å². The molecule has 2 aromatic rings. The fraction of sp³-hybridized carbons (Fsp3) is 0. The van der Waals surface area contributed by atoms with Crippen LogP contribution in [0.15, 0.2) is 44.3 Å². The lowest BCUT2D eigenvalue weighted by Crippen LogP contribution is -1.96. The van der Waals surface area contributed by atoms with Gasteiger partial charge in [0.25, 0.3) is 15.7 Å². The van der Waals surface area contributed by atoms with Crippen LogP contribution in [0, 0.1) is 10.1 Å². The van der Waals surface area contributed by atoms with Crippen LogP contribution in [-0.2, 0) is 10.0 Å². The van der Waals surface area contributed by atoms with E-state index in [1.807, 2.05) is 0 Å². The molecule has 0 saturated heterocycles. The summed E-state index contributed by atoms with van der Waals surface area (Å²) in [5.74, 6) is 0. The van der Waals surface area contributed by atoms with Crippen molar-refractivity contribution in [1.29, 1.82) is 0 Å². The third-order valence-corrected chi connectivity index (χ3v) is 5.19. The quantitative estimate of drug-likeness (QED) is 0.489. The van der Waals surface area contributed by atoms with E-state index in [9.17, 15) is 18.5 Å². The smallest absolute Gasteiger partial charge is 0.258 e. The van der Waals surface area contributed by atoms with E-state index in [0.29, 0.717) is 0 Å². The van der Waals surface area contributed by atoms with Gasteiger partial charge in [0.2, 0.25) is 0 Å². The predicted octanol–water partition coefficient (Wildman–Crippen LogP) is 3.12. The van der Waals surface area contributed by atoms with Crippen molar-refractivity contribution in [1.82, 2.24) is 0 Å². The van der Waals surface area contributed by atoms with E-state index in [-0.39, 0.29) is 20.5 Å². The maximum Gasteiger partial charge on any atom is 0.291 e. The molecule has 6 nitrogen and oxygen atoms in total. The number of thiophene rings is 1. The van der Waals surface area contributed by atoms with Crippen molar-refractivity contribution in [2.24, 2.45) is 4.40 Å². The van der Waals surface area contributed by atoms with Gasteiger partial charge in [-0.25, -0.2) is 0 Å². The first-order valence-electron chi connectivity index (χ1n) is 5.18. The molecular formula is C11H7ClN2O4S2. The van der Waals surface area contributed by atoms with Gasteiger partial charge in [-0.3, -0.25) is 10.1 Å². The number of sulfonamides is 1.